The summed E-state index contributed by atoms with van der Waals surface area (Å²) in [6.45, 7) is 1.88. The van der Waals surface area contributed by atoms with E-state index in [0.717, 1.165) is 5.56 Å². The number of anilines is 1. The maximum atomic E-state index is 12.0. The van der Waals surface area contributed by atoms with E-state index in [1.54, 1.807) is 38.5 Å². The average Bonchev–Trinajstić information content (AvgIpc) is 2.92. The quantitative estimate of drug-likeness (QED) is 0.812. The minimum atomic E-state index is -0.261. The van der Waals surface area contributed by atoms with Gasteiger partial charge in [-0.25, -0.2) is 0 Å². The molecule has 0 unspecified atom stereocenters. The van der Waals surface area contributed by atoms with E-state index in [0.29, 0.717) is 27.6 Å². The molecule has 2 rings (SSSR count). The molecular formula is C16H16BrNO4. The molecule has 1 aromatic heterocycles. The van der Waals surface area contributed by atoms with Crippen LogP contribution in [0.1, 0.15) is 11.3 Å². The second kappa shape index (κ2) is 7.17. The number of benzene rings is 1. The normalized spacial score (nSPS) is 10.7. The van der Waals surface area contributed by atoms with E-state index in [4.69, 9.17) is 13.9 Å². The highest BCUT2D eigenvalue weighted by Crippen LogP contribution is 2.32. The number of hydrogen-bond donors (Lipinski definition) is 1. The van der Waals surface area contributed by atoms with E-state index in [1.165, 1.54) is 6.08 Å². The minimum absolute atomic E-state index is 0.261. The van der Waals surface area contributed by atoms with Gasteiger partial charge >= 0.3 is 0 Å². The molecule has 22 heavy (non-hydrogen) atoms. The molecule has 116 valence electrons. The average molecular weight is 366 g/mol. The third kappa shape index (κ3) is 3.92. The van der Waals surface area contributed by atoms with Crippen molar-refractivity contribution in [2.24, 2.45) is 0 Å². The van der Waals surface area contributed by atoms with E-state index >= 15 is 0 Å². The van der Waals surface area contributed by atoms with E-state index in [2.05, 4.69) is 21.2 Å². The zero-order valence-electron chi connectivity index (χ0n) is 12.5. The van der Waals surface area contributed by atoms with E-state index in [-0.39, 0.29) is 5.91 Å². The number of hydrogen-bond acceptors (Lipinski definition) is 4. The number of carbonyl (C=O) groups is 1. The monoisotopic (exact) mass is 365 g/mol. The smallest absolute Gasteiger partial charge is 0.248 e. The van der Waals surface area contributed by atoms with E-state index < -0.39 is 0 Å². The highest BCUT2D eigenvalue weighted by molar-refractivity contribution is 9.10. The summed E-state index contributed by atoms with van der Waals surface area (Å²) in [7, 11) is 3.12. The lowest BCUT2D eigenvalue weighted by molar-refractivity contribution is -0.111. The third-order valence-corrected chi connectivity index (χ3v) is 3.41. The summed E-state index contributed by atoms with van der Waals surface area (Å²) in [5.74, 6) is 1.50. The van der Waals surface area contributed by atoms with Crippen molar-refractivity contribution in [3.63, 3.8) is 0 Å². The minimum Gasteiger partial charge on any atom is -0.493 e. The van der Waals surface area contributed by atoms with Crippen LogP contribution in [0, 0.1) is 6.92 Å². The lowest BCUT2D eigenvalue weighted by atomic mass is 10.1. The number of halogens is 1. The number of aryl methyl sites for hydroxylation is 1. The van der Waals surface area contributed by atoms with Crippen molar-refractivity contribution < 1.29 is 18.7 Å². The number of furan rings is 1. The molecule has 1 aromatic carbocycles. The first-order valence-corrected chi connectivity index (χ1v) is 7.30. The van der Waals surface area contributed by atoms with Crippen LogP contribution in [0.3, 0.4) is 0 Å². The van der Waals surface area contributed by atoms with Crippen LogP contribution in [0.15, 0.2) is 39.4 Å². The second-order valence-electron chi connectivity index (χ2n) is 4.49. The summed E-state index contributed by atoms with van der Waals surface area (Å²) in [5.41, 5.74) is 1.54. The van der Waals surface area contributed by atoms with Crippen LogP contribution >= 0.6 is 15.9 Å². The molecular weight excluding hydrogens is 350 g/mol. The van der Waals surface area contributed by atoms with Crippen LogP contribution < -0.4 is 14.8 Å². The van der Waals surface area contributed by atoms with Crippen molar-refractivity contribution in [1.29, 1.82) is 0 Å². The molecule has 0 aliphatic heterocycles. The van der Waals surface area contributed by atoms with Crippen molar-refractivity contribution in [2.75, 3.05) is 19.5 Å². The lowest BCUT2D eigenvalue weighted by Crippen LogP contribution is -2.09. The van der Waals surface area contributed by atoms with Crippen LogP contribution in [0.2, 0.25) is 0 Å². The molecule has 1 amide bonds. The Kier molecular flexibility index (Phi) is 5.27. The number of amides is 1. The maximum Gasteiger partial charge on any atom is 0.248 e. The first kappa shape index (κ1) is 16.2. The van der Waals surface area contributed by atoms with Gasteiger partial charge in [0.2, 0.25) is 5.91 Å². The number of ether oxygens (including phenoxy) is 2. The van der Waals surface area contributed by atoms with Crippen LogP contribution in [0.5, 0.6) is 11.5 Å². The fourth-order valence-electron chi connectivity index (χ4n) is 1.87. The van der Waals surface area contributed by atoms with Crippen molar-refractivity contribution in [3.8, 4) is 11.5 Å². The Morgan fingerprint density at radius 3 is 2.50 bits per heavy atom. The van der Waals surface area contributed by atoms with Gasteiger partial charge < -0.3 is 19.2 Å². The standard InChI is InChI=1S/C16H16BrNO4/c1-10-8-13(20-2)14(21-3)9-12(10)18-16(19)7-5-11-4-6-15(17)22-11/h4-9H,1-3H3,(H,18,19)/b7-5+. The molecule has 0 saturated heterocycles. The Bertz CT molecular complexity index is 706. The van der Waals surface area contributed by atoms with Crippen molar-refractivity contribution in [3.05, 3.63) is 46.3 Å². The predicted octanol–water partition coefficient (Wildman–Crippen LogP) is 4.02. The predicted molar refractivity (Wildman–Crippen MR) is 88.4 cm³/mol. The zero-order valence-corrected chi connectivity index (χ0v) is 14.1. The van der Waals surface area contributed by atoms with Crippen molar-refractivity contribution in [2.45, 2.75) is 6.92 Å². The van der Waals surface area contributed by atoms with Gasteiger partial charge in [-0.3, -0.25) is 4.79 Å². The SMILES string of the molecule is COc1cc(C)c(NC(=O)/C=C/c2ccc(Br)o2)cc1OC. The molecule has 0 atom stereocenters. The fraction of sp³-hybridized carbons (Fsp3) is 0.188. The molecule has 0 saturated carbocycles. The topological polar surface area (TPSA) is 60.7 Å². The first-order chi connectivity index (χ1) is 10.5. The summed E-state index contributed by atoms with van der Waals surface area (Å²) in [6.07, 6.45) is 3.00. The number of methoxy groups -OCH3 is 2. The van der Waals surface area contributed by atoms with Crippen LogP contribution in [0.25, 0.3) is 6.08 Å². The Labute approximate surface area is 137 Å². The molecule has 2 aromatic rings. The third-order valence-electron chi connectivity index (χ3n) is 2.98. The lowest BCUT2D eigenvalue weighted by Gasteiger charge is -2.12. The molecule has 0 aliphatic rings. The van der Waals surface area contributed by atoms with Crippen molar-refractivity contribution >= 4 is 33.6 Å². The Morgan fingerprint density at radius 1 is 1.23 bits per heavy atom. The Morgan fingerprint density at radius 2 is 1.91 bits per heavy atom. The van der Waals surface area contributed by atoms with E-state index in [9.17, 15) is 4.79 Å². The fourth-order valence-corrected chi connectivity index (χ4v) is 2.18. The van der Waals surface area contributed by atoms with Crippen LogP contribution in [0.4, 0.5) is 5.69 Å². The van der Waals surface area contributed by atoms with Gasteiger partial charge in [0, 0.05) is 17.8 Å². The van der Waals surface area contributed by atoms with Crippen molar-refractivity contribution in [1.82, 2.24) is 0 Å². The van der Waals surface area contributed by atoms with Gasteiger partial charge in [0.1, 0.15) is 5.76 Å². The van der Waals surface area contributed by atoms with E-state index in [1.807, 2.05) is 13.0 Å². The van der Waals surface area contributed by atoms with Gasteiger partial charge in [-0.15, -0.1) is 0 Å². The maximum absolute atomic E-state index is 12.0. The molecule has 0 aliphatic carbocycles. The summed E-state index contributed by atoms with van der Waals surface area (Å²) < 4.78 is 16.3. The van der Waals surface area contributed by atoms with Gasteiger partial charge in [-0.1, -0.05) is 0 Å². The molecule has 5 nitrogen and oxygen atoms in total. The van der Waals surface area contributed by atoms with Gasteiger partial charge in [0.15, 0.2) is 16.2 Å². The molecule has 0 bridgehead atoms. The van der Waals surface area contributed by atoms with Gasteiger partial charge in [-0.05, 0) is 52.7 Å². The molecule has 0 radical (unpaired) electrons. The highest BCUT2D eigenvalue weighted by atomic mass is 79.9. The second-order valence-corrected chi connectivity index (χ2v) is 5.27. The Hall–Kier alpha value is -2.21. The molecule has 0 spiro atoms. The summed E-state index contributed by atoms with van der Waals surface area (Å²) in [4.78, 5) is 12.0. The summed E-state index contributed by atoms with van der Waals surface area (Å²) in [5, 5.41) is 2.80. The number of carbonyl (C=O) groups excluding carboxylic acids is 1. The molecule has 1 N–H and O–H groups in total. The summed E-state index contributed by atoms with van der Waals surface area (Å²) >= 11 is 3.21. The van der Waals surface area contributed by atoms with Crippen LogP contribution in [-0.4, -0.2) is 20.1 Å². The zero-order chi connectivity index (χ0) is 16.1. The van der Waals surface area contributed by atoms with Gasteiger partial charge in [-0.2, -0.15) is 0 Å². The molecule has 0 fully saturated rings. The first-order valence-electron chi connectivity index (χ1n) is 6.50. The largest absolute Gasteiger partial charge is 0.493 e. The molecule has 1 heterocycles. The van der Waals surface area contributed by atoms with Crippen LogP contribution in [-0.2, 0) is 4.79 Å². The highest BCUT2D eigenvalue weighted by Gasteiger charge is 2.10. The number of nitrogens with one attached hydrogen (secondary N) is 1. The van der Waals surface area contributed by atoms with Gasteiger partial charge in [0.05, 0.1) is 14.2 Å². The molecule has 6 heteroatoms. The number of rotatable bonds is 5. The summed E-state index contributed by atoms with van der Waals surface area (Å²) in [6, 6.07) is 7.05. The Balaban J connectivity index is 2.12. The van der Waals surface area contributed by atoms with Gasteiger partial charge in [0.25, 0.3) is 0 Å².